The molecule has 0 N–H and O–H groups in total. The van der Waals surface area contributed by atoms with Crippen LogP contribution in [0.1, 0.15) is 10.6 Å². The van der Waals surface area contributed by atoms with E-state index < -0.39 is 0 Å². The highest BCUT2D eigenvalue weighted by atomic mass is 35.5. The van der Waals surface area contributed by atoms with Gasteiger partial charge in [-0.2, -0.15) is 4.98 Å². The zero-order chi connectivity index (χ0) is 16.7. The fourth-order valence-electron chi connectivity index (χ4n) is 2.55. The summed E-state index contributed by atoms with van der Waals surface area (Å²) in [5.74, 6) is 0. The third kappa shape index (κ3) is 2.77. The van der Waals surface area contributed by atoms with Crippen LogP contribution in [0.25, 0.3) is 20.9 Å². The quantitative estimate of drug-likeness (QED) is 0.527. The van der Waals surface area contributed by atoms with E-state index in [1.165, 1.54) is 11.3 Å². The zero-order valence-corrected chi connectivity index (χ0v) is 15.1. The first-order chi connectivity index (χ1) is 11.6. The predicted molar refractivity (Wildman–Crippen MR) is 100 cm³/mol. The molecule has 0 aliphatic carbocycles. The molecule has 0 saturated carbocycles. The summed E-state index contributed by atoms with van der Waals surface area (Å²) in [5.41, 5.74) is 2.19. The topological polar surface area (TPSA) is 47.8 Å². The molecule has 7 heteroatoms. The van der Waals surface area contributed by atoms with Gasteiger partial charge >= 0.3 is 5.69 Å². The molecule has 0 spiro atoms. The molecule has 3 aromatic heterocycles. The van der Waals surface area contributed by atoms with Crippen LogP contribution in [0.15, 0.2) is 46.6 Å². The van der Waals surface area contributed by atoms with Gasteiger partial charge in [-0.1, -0.05) is 29.8 Å². The lowest BCUT2D eigenvalue weighted by Crippen LogP contribution is -2.24. The van der Waals surface area contributed by atoms with Gasteiger partial charge in [-0.15, -0.1) is 22.7 Å². The normalized spacial score (nSPS) is 11.2. The average Bonchev–Trinajstić information content (AvgIpc) is 3.21. The van der Waals surface area contributed by atoms with Gasteiger partial charge in [0.15, 0.2) is 0 Å². The standard InChI is InChI=1S/C17H12ClN3OS2/c1-10-19-15-14(13-3-2-8-23-13)20-17(22)21(16(15)24-10)9-11-4-6-12(18)7-5-11/h2-8H,9H2,1H3. The zero-order valence-electron chi connectivity index (χ0n) is 12.7. The van der Waals surface area contributed by atoms with Crippen molar-refractivity contribution in [2.45, 2.75) is 13.5 Å². The van der Waals surface area contributed by atoms with E-state index in [0.29, 0.717) is 17.3 Å². The maximum absolute atomic E-state index is 12.6. The van der Waals surface area contributed by atoms with Crippen LogP contribution in [0, 0.1) is 6.92 Å². The van der Waals surface area contributed by atoms with Crippen molar-refractivity contribution >= 4 is 44.6 Å². The van der Waals surface area contributed by atoms with Gasteiger partial charge < -0.3 is 0 Å². The van der Waals surface area contributed by atoms with E-state index in [1.54, 1.807) is 15.9 Å². The maximum atomic E-state index is 12.6. The number of hydrogen-bond acceptors (Lipinski definition) is 5. The Bertz CT molecular complexity index is 1070. The summed E-state index contributed by atoms with van der Waals surface area (Å²) >= 11 is 9.01. The van der Waals surface area contributed by atoms with E-state index in [4.69, 9.17) is 11.6 Å². The Labute approximate surface area is 151 Å². The number of fused-ring (bicyclic) bond motifs is 1. The van der Waals surface area contributed by atoms with Crippen molar-refractivity contribution < 1.29 is 0 Å². The van der Waals surface area contributed by atoms with Crippen molar-refractivity contribution in [2.75, 3.05) is 0 Å². The number of rotatable bonds is 3. The number of benzene rings is 1. The third-order valence-electron chi connectivity index (χ3n) is 3.63. The Hall–Kier alpha value is -2.02. The van der Waals surface area contributed by atoms with Crippen LogP contribution in [-0.2, 0) is 6.54 Å². The molecular formula is C17H12ClN3OS2. The molecule has 4 nitrogen and oxygen atoms in total. The van der Waals surface area contributed by atoms with E-state index in [-0.39, 0.29) is 5.69 Å². The summed E-state index contributed by atoms with van der Waals surface area (Å²) in [6.07, 6.45) is 0. The monoisotopic (exact) mass is 373 g/mol. The Morgan fingerprint density at radius 3 is 2.67 bits per heavy atom. The van der Waals surface area contributed by atoms with Crippen LogP contribution in [-0.4, -0.2) is 14.5 Å². The molecule has 1 aromatic carbocycles. The van der Waals surface area contributed by atoms with Crippen molar-refractivity contribution in [3.05, 3.63) is 67.9 Å². The molecule has 4 aromatic rings. The fraction of sp³-hybridized carbons (Fsp3) is 0.118. The van der Waals surface area contributed by atoms with Crippen LogP contribution in [0.3, 0.4) is 0 Å². The summed E-state index contributed by atoms with van der Waals surface area (Å²) in [6.45, 7) is 2.39. The van der Waals surface area contributed by atoms with Crippen molar-refractivity contribution in [3.63, 3.8) is 0 Å². The second kappa shape index (κ2) is 6.12. The predicted octanol–water partition coefficient (Wildman–Crippen LogP) is 4.59. The first kappa shape index (κ1) is 15.5. The SMILES string of the molecule is Cc1nc2c(-c3cccs3)nc(=O)n(Cc3ccc(Cl)cc3)c2s1. The minimum absolute atomic E-state index is 0.260. The highest BCUT2D eigenvalue weighted by molar-refractivity contribution is 7.18. The lowest BCUT2D eigenvalue weighted by Gasteiger charge is -2.08. The molecule has 0 unspecified atom stereocenters. The minimum Gasteiger partial charge on any atom is -0.277 e. The number of halogens is 1. The smallest absolute Gasteiger partial charge is 0.277 e. The number of hydrogen-bond donors (Lipinski definition) is 0. The van der Waals surface area contributed by atoms with Gasteiger partial charge in [0.2, 0.25) is 0 Å². The Balaban J connectivity index is 1.90. The molecular weight excluding hydrogens is 362 g/mol. The molecule has 0 aliphatic rings. The molecule has 0 saturated heterocycles. The molecule has 0 fully saturated rings. The van der Waals surface area contributed by atoms with Gasteiger partial charge in [0.25, 0.3) is 0 Å². The van der Waals surface area contributed by atoms with E-state index >= 15 is 0 Å². The van der Waals surface area contributed by atoms with Crippen LogP contribution in [0.2, 0.25) is 5.02 Å². The number of aryl methyl sites for hydroxylation is 1. The Morgan fingerprint density at radius 1 is 1.17 bits per heavy atom. The highest BCUT2D eigenvalue weighted by Gasteiger charge is 2.17. The van der Waals surface area contributed by atoms with Crippen molar-refractivity contribution in [1.29, 1.82) is 0 Å². The van der Waals surface area contributed by atoms with E-state index in [9.17, 15) is 4.79 Å². The first-order valence-electron chi connectivity index (χ1n) is 7.28. The summed E-state index contributed by atoms with van der Waals surface area (Å²) < 4.78 is 1.68. The summed E-state index contributed by atoms with van der Waals surface area (Å²) in [6, 6.07) is 11.4. The minimum atomic E-state index is -0.260. The van der Waals surface area contributed by atoms with Crippen LogP contribution < -0.4 is 5.69 Å². The Morgan fingerprint density at radius 2 is 1.96 bits per heavy atom. The molecule has 0 atom stereocenters. The lowest BCUT2D eigenvalue weighted by molar-refractivity contribution is 0.768. The Kier molecular flexibility index (Phi) is 3.96. The second-order valence-electron chi connectivity index (χ2n) is 5.32. The largest absolute Gasteiger partial charge is 0.349 e. The molecule has 0 aliphatic heterocycles. The van der Waals surface area contributed by atoms with E-state index in [0.717, 1.165) is 25.8 Å². The number of aromatic nitrogens is 3. The van der Waals surface area contributed by atoms with E-state index in [1.807, 2.05) is 48.7 Å². The third-order valence-corrected chi connectivity index (χ3v) is 5.75. The van der Waals surface area contributed by atoms with E-state index in [2.05, 4.69) is 9.97 Å². The van der Waals surface area contributed by atoms with Gasteiger partial charge in [-0.25, -0.2) is 9.78 Å². The highest BCUT2D eigenvalue weighted by Crippen LogP contribution is 2.31. The van der Waals surface area contributed by atoms with Gasteiger partial charge in [-0.05, 0) is 36.1 Å². The first-order valence-corrected chi connectivity index (χ1v) is 9.35. The number of thiazole rings is 1. The molecule has 120 valence electrons. The molecule has 0 radical (unpaired) electrons. The van der Waals surface area contributed by atoms with Gasteiger partial charge in [0.05, 0.1) is 16.4 Å². The molecule has 0 amide bonds. The van der Waals surface area contributed by atoms with Crippen molar-refractivity contribution in [2.24, 2.45) is 0 Å². The van der Waals surface area contributed by atoms with Crippen LogP contribution in [0.4, 0.5) is 0 Å². The van der Waals surface area contributed by atoms with Crippen LogP contribution >= 0.6 is 34.3 Å². The van der Waals surface area contributed by atoms with Crippen molar-refractivity contribution in [3.8, 4) is 10.6 Å². The summed E-state index contributed by atoms with van der Waals surface area (Å²) in [5, 5.41) is 3.57. The number of thiophene rings is 1. The molecule has 4 rings (SSSR count). The maximum Gasteiger partial charge on any atom is 0.349 e. The van der Waals surface area contributed by atoms with Crippen molar-refractivity contribution in [1.82, 2.24) is 14.5 Å². The molecule has 0 bridgehead atoms. The van der Waals surface area contributed by atoms with Crippen LogP contribution in [0.5, 0.6) is 0 Å². The van der Waals surface area contributed by atoms with Gasteiger partial charge in [-0.3, -0.25) is 4.57 Å². The van der Waals surface area contributed by atoms with Gasteiger partial charge in [0, 0.05) is 5.02 Å². The second-order valence-corrected chi connectivity index (χ2v) is 7.89. The summed E-state index contributed by atoms with van der Waals surface area (Å²) in [7, 11) is 0. The lowest BCUT2D eigenvalue weighted by atomic mass is 10.2. The van der Waals surface area contributed by atoms with Gasteiger partial charge in [0.1, 0.15) is 16.0 Å². The number of nitrogens with zero attached hydrogens (tertiary/aromatic N) is 3. The molecule has 24 heavy (non-hydrogen) atoms. The fourth-order valence-corrected chi connectivity index (χ4v) is 4.30. The average molecular weight is 374 g/mol. The molecule has 3 heterocycles. The summed E-state index contributed by atoms with van der Waals surface area (Å²) in [4.78, 5) is 23.4.